The molecule has 0 atom stereocenters. The first-order valence-corrected chi connectivity index (χ1v) is 5.75. The van der Waals surface area contributed by atoms with Crippen molar-refractivity contribution in [1.82, 2.24) is 4.98 Å². The molecule has 0 saturated heterocycles. The van der Waals surface area contributed by atoms with Gasteiger partial charge in [0.2, 0.25) is 0 Å². The van der Waals surface area contributed by atoms with Crippen LogP contribution in [-0.4, -0.2) is 17.2 Å². The Morgan fingerprint density at radius 1 is 1.33 bits per heavy atom. The number of ether oxygens (including phenoxy) is 1. The number of hydrogen-bond donors (Lipinski definition) is 2. The first-order chi connectivity index (χ1) is 8.65. The van der Waals surface area contributed by atoms with Crippen LogP contribution in [0.4, 0.5) is 0 Å². The second-order valence-electron chi connectivity index (χ2n) is 3.96. The summed E-state index contributed by atoms with van der Waals surface area (Å²) in [6.07, 6.45) is 0.635. The monoisotopic (exact) mass is 245 g/mol. The van der Waals surface area contributed by atoms with Gasteiger partial charge >= 0.3 is 0 Å². The summed E-state index contributed by atoms with van der Waals surface area (Å²) in [6.45, 7) is 1.92. The Labute approximate surface area is 105 Å². The zero-order valence-corrected chi connectivity index (χ0v) is 10.4. The molecular formula is C14H15NO3. The first kappa shape index (κ1) is 12.2. The molecule has 1 heterocycles. The molecule has 0 aliphatic rings. The number of H-pyrrole nitrogens is 1. The van der Waals surface area contributed by atoms with Gasteiger partial charge in [0.25, 0.3) is 5.56 Å². The van der Waals surface area contributed by atoms with E-state index in [0.717, 1.165) is 5.56 Å². The molecule has 2 N–H and O–H groups in total. The van der Waals surface area contributed by atoms with Crippen LogP contribution in [0.5, 0.6) is 11.5 Å². The van der Waals surface area contributed by atoms with E-state index in [0.29, 0.717) is 23.4 Å². The van der Waals surface area contributed by atoms with Crippen molar-refractivity contribution in [2.24, 2.45) is 0 Å². The van der Waals surface area contributed by atoms with Gasteiger partial charge in [0.15, 0.2) is 0 Å². The highest BCUT2D eigenvalue weighted by Crippen LogP contribution is 2.32. The average molecular weight is 245 g/mol. The average Bonchev–Trinajstić information content (AvgIpc) is 2.37. The normalized spacial score (nSPS) is 10.3. The lowest BCUT2D eigenvalue weighted by molar-refractivity contribution is 0.415. The molecule has 1 aromatic carbocycles. The molecule has 94 valence electrons. The van der Waals surface area contributed by atoms with E-state index < -0.39 is 0 Å². The van der Waals surface area contributed by atoms with E-state index in [-0.39, 0.29) is 11.3 Å². The fourth-order valence-electron chi connectivity index (χ4n) is 1.96. The predicted molar refractivity (Wildman–Crippen MR) is 70.1 cm³/mol. The summed E-state index contributed by atoms with van der Waals surface area (Å²) in [7, 11) is 1.59. The number of aromatic amines is 1. The van der Waals surface area contributed by atoms with Gasteiger partial charge in [0.05, 0.1) is 7.11 Å². The number of pyridine rings is 1. The van der Waals surface area contributed by atoms with E-state index in [4.69, 9.17) is 4.74 Å². The summed E-state index contributed by atoms with van der Waals surface area (Å²) in [4.78, 5) is 14.1. The maximum Gasteiger partial charge on any atom is 0.251 e. The van der Waals surface area contributed by atoms with Gasteiger partial charge in [-0.3, -0.25) is 4.79 Å². The highest BCUT2D eigenvalue weighted by molar-refractivity contribution is 5.73. The van der Waals surface area contributed by atoms with Crippen LogP contribution in [0.25, 0.3) is 11.1 Å². The standard InChI is InChI=1S/C14H15NO3/c1-3-11-14(12(16)8-13(17)15-11)9-5-4-6-10(7-9)18-2/h4-8H,3H2,1-2H3,(H2,15,16,17). The summed E-state index contributed by atoms with van der Waals surface area (Å²) in [5, 5.41) is 9.96. The fraction of sp³-hybridized carbons (Fsp3) is 0.214. The minimum Gasteiger partial charge on any atom is -0.507 e. The number of benzene rings is 1. The largest absolute Gasteiger partial charge is 0.507 e. The predicted octanol–water partition coefficient (Wildman–Crippen LogP) is 2.32. The molecule has 0 spiro atoms. The van der Waals surface area contributed by atoms with Crippen molar-refractivity contribution in [3.8, 4) is 22.6 Å². The number of hydrogen-bond acceptors (Lipinski definition) is 3. The Morgan fingerprint density at radius 3 is 2.78 bits per heavy atom. The van der Waals surface area contributed by atoms with Gasteiger partial charge < -0.3 is 14.8 Å². The number of rotatable bonds is 3. The minimum atomic E-state index is -0.295. The highest BCUT2D eigenvalue weighted by Gasteiger charge is 2.11. The van der Waals surface area contributed by atoms with E-state index in [9.17, 15) is 9.90 Å². The molecule has 0 aliphatic carbocycles. The molecule has 0 radical (unpaired) electrons. The molecule has 0 amide bonds. The van der Waals surface area contributed by atoms with Crippen molar-refractivity contribution < 1.29 is 9.84 Å². The zero-order chi connectivity index (χ0) is 13.1. The van der Waals surface area contributed by atoms with Gasteiger partial charge in [0, 0.05) is 17.3 Å². The Kier molecular flexibility index (Phi) is 3.37. The molecule has 0 saturated carbocycles. The molecule has 0 fully saturated rings. The van der Waals surface area contributed by atoms with Crippen molar-refractivity contribution in [2.75, 3.05) is 7.11 Å². The van der Waals surface area contributed by atoms with Crippen LogP contribution in [0, 0.1) is 0 Å². The molecule has 18 heavy (non-hydrogen) atoms. The third-order valence-corrected chi connectivity index (χ3v) is 2.81. The lowest BCUT2D eigenvalue weighted by atomic mass is 10.0. The summed E-state index contributed by atoms with van der Waals surface area (Å²) in [6, 6.07) is 8.56. The summed E-state index contributed by atoms with van der Waals surface area (Å²) < 4.78 is 5.16. The van der Waals surface area contributed by atoms with Gasteiger partial charge in [-0.2, -0.15) is 0 Å². The van der Waals surface area contributed by atoms with Crippen LogP contribution >= 0.6 is 0 Å². The van der Waals surface area contributed by atoms with E-state index in [1.54, 1.807) is 7.11 Å². The van der Waals surface area contributed by atoms with Gasteiger partial charge in [0.1, 0.15) is 11.5 Å². The van der Waals surface area contributed by atoms with Crippen LogP contribution < -0.4 is 10.3 Å². The zero-order valence-electron chi connectivity index (χ0n) is 10.4. The van der Waals surface area contributed by atoms with Gasteiger partial charge in [-0.25, -0.2) is 0 Å². The fourth-order valence-corrected chi connectivity index (χ4v) is 1.96. The van der Waals surface area contributed by atoms with E-state index >= 15 is 0 Å². The number of aryl methyl sites for hydroxylation is 1. The van der Waals surface area contributed by atoms with Crippen molar-refractivity contribution >= 4 is 0 Å². The van der Waals surface area contributed by atoms with Crippen LogP contribution in [0.3, 0.4) is 0 Å². The van der Waals surface area contributed by atoms with Crippen LogP contribution in [0.2, 0.25) is 0 Å². The quantitative estimate of drug-likeness (QED) is 0.872. The third-order valence-electron chi connectivity index (χ3n) is 2.81. The smallest absolute Gasteiger partial charge is 0.251 e. The van der Waals surface area contributed by atoms with Crippen molar-refractivity contribution in [2.45, 2.75) is 13.3 Å². The number of nitrogens with one attached hydrogen (secondary N) is 1. The second-order valence-corrected chi connectivity index (χ2v) is 3.96. The Hall–Kier alpha value is -2.23. The molecule has 1 aromatic heterocycles. The molecule has 0 bridgehead atoms. The molecule has 4 nitrogen and oxygen atoms in total. The maximum absolute atomic E-state index is 11.3. The Bertz CT molecular complexity index is 617. The van der Waals surface area contributed by atoms with Crippen molar-refractivity contribution in [3.05, 3.63) is 46.4 Å². The lowest BCUT2D eigenvalue weighted by Gasteiger charge is -2.11. The Morgan fingerprint density at radius 2 is 2.11 bits per heavy atom. The summed E-state index contributed by atoms with van der Waals surface area (Å²) >= 11 is 0. The second kappa shape index (κ2) is 4.96. The minimum absolute atomic E-state index is 0.0103. The highest BCUT2D eigenvalue weighted by atomic mass is 16.5. The number of aromatic hydroxyl groups is 1. The Balaban J connectivity index is 2.65. The number of aromatic nitrogens is 1. The molecular weight excluding hydrogens is 230 g/mol. The maximum atomic E-state index is 11.3. The van der Waals surface area contributed by atoms with E-state index in [1.165, 1.54) is 6.07 Å². The molecule has 0 aliphatic heterocycles. The summed E-state index contributed by atoms with van der Waals surface area (Å²) in [5.41, 5.74) is 1.89. The van der Waals surface area contributed by atoms with Gasteiger partial charge in [-0.05, 0) is 24.1 Å². The topological polar surface area (TPSA) is 62.3 Å². The van der Waals surface area contributed by atoms with E-state index in [1.807, 2.05) is 31.2 Å². The van der Waals surface area contributed by atoms with Gasteiger partial charge in [-0.1, -0.05) is 19.1 Å². The molecule has 2 aromatic rings. The van der Waals surface area contributed by atoms with Crippen LogP contribution in [0.1, 0.15) is 12.6 Å². The van der Waals surface area contributed by atoms with Gasteiger partial charge in [-0.15, -0.1) is 0 Å². The SMILES string of the molecule is CCc1[nH]c(=O)cc(O)c1-c1cccc(OC)c1. The van der Waals surface area contributed by atoms with Crippen LogP contribution in [-0.2, 0) is 6.42 Å². The van der Waals surface area contributed by atoms with E-state index in [2.05, 4.69) is 4.98 Å². The third kappa shape index (κ3) is 2.22. The molecule has 4 heteroatoms. The van der Waals surface area contributed by atoms with Crippen molar-refractivity contribution in [3.63, 3.8) is 0 Å². The van der Waals surface area contributed by atoms with Crippen molar-refractivity contribution in [1.29, 1.82) is 0 Å². The summed E-state index contributed by atoms with van der Waals surface area (Å²) in [5.74, 6) is 0.698. The number of methoxy groups -OCH3 is 1. The first-order valence-electron chi connectivity index (χ1n) is 5.75. The van der Waals surface area contributed by atoms with Crippen LogP contribution in [0.15, 0.2) is 35.1 Å². The lowest BCUT2D eigenvalue weighted by Crippen LogP contribution is -2.08. The molecule has 2 rings (SSSR count). The molecule has 0 unspecified atom stereocenters.